The number of carbonyl (C=O) groups excluding carboxylic acids is 3. The zero-order valence-corrected chi connectivity index (χ0v) is 17.6. The highest BCUT2D eigenvalue weighted by molar-refractivity contribution is 6.39. The maximum atomic E-state index is 13.0. The molecule has 1 heterocycles. The topological polar surface area (TPSA) is 131 Å². The number of hydrogen-bond donors (Lipinski definition) is 2. The Kier molecular flexibility index (Phi) is 6.64. The summed E-state index contributed by atoms with van der Waals surface area (Å²) in [6.07, 6.45) is 1.27. The highest BCUT2D eigenvalue weighted by Crippen LogP contribution is 2.32. The number of halogens is 1. The van der Waals surface area contributed by atoms with Crippen LogP contribution in [-0.2, 0) is 14.4 Å². The number of methoxy groups -OCH3 is 2. The standard InChI is InChI=1S/C21H17ClN2O8/c1-30-15-6-4-12(9-14(15)22)24-20(28)13(19(27)23-21(24)29)7-11-3-5-16(17(8-11)31-2)32-10-18(25)26/h3-9H,10H2,1-2H3,(H,25,26)(H,23,27,29). The van der Waals surface area contributed by atoms with Crippen LogP contribution in [0.15, 0.2) is 42.0 Å². The van der Waals surface area contributed by atoms with Crippen LogP contribution in [0.1, 0.15) is 5.56 Å². The first-order valence-electron chi connectivity index (χ1n) is 9.02. The molecule has 2 aromatic carbocycles. The Morgan fingerprint density at radius 3 is 2.38 bits per heavy atom. The summed E-state index contributed by atoms with van der Waals surface area (Å²) in [6, 6.07) is 7.77. The summed E-state index contributed by atoms with van der Waals surface area (Å²) in [4.78, 5) is 49.2. The lowest BCUT2D eigenvalue weighted by Crippen LogP contribution is -2.54. The van der Waals surface area contributed by atoms with E-state index in [1.165, 1.54) is 56.7 Å². The minimum absolute atomic E-state index is 0.145. The molecular weight excluding hydrogens is 444 g/mol. The molecule has 1 aliphatic rings. The predicted molar refractivity (Wildman–Crippen MR) is 113 cm³/mol. The Balaban J connectivity index is 1.95. The average molecular weight is 461 g/mol. The zero-order valence-electron chi connectivity index (χ0n) is 16.9. The second kappa shape index (κ2) is 9.40. The van der Waals surface area contributed by atoms with Gasteiger partial charge in [0.15, 0.2) is 18.1 Å². The van der Waals surface area contributed by atoms with Crippen molar-refractivity contribution in [2.75, 3.05) is 25.7 Å². The van der Waals surface area contributed by atoms with Gasteiger partial charge in [0.05, 0.1) is 24.9 Å². The maximum Gasteiger partial charge on any atom is 0.341 e. The van der Waals surface area contributed by atoms with Crippen molar-refractivity contribution in [3.05, 3.63) is 52.6 Å². The molecule has 1 saturated heterocycles. The van der Waals surface area contributed by atoms with Crippen LogP contribution in [0, 0.1) is 0 Å². The summed E-state index contributed by atoms with van der Waals surface area (Å²) < 4.78 is 15.4. The molecule has 0 aromatic heterocycles. The minimum atomic E-state index is -1.16. The number of carboxylic acid groups (broad SMARTS) is 1. The number of rotatable bonds is 7. The molecule has 0 atom stereocenters. The molecule has 1 fully saturated rings. The number of amides is 4. The van der Waals surface area contributed by atoms with Gasteiger partial charge in [-0.1, -0.05) is 17.7 Å². The molecule has 166 valence electrons. The van der Waals surface area contributed by atoms with Crippen LogP contribution in [0.5, 0.6) is 17.2 Å². The molecule has 0 bridgehead atoms. The van der Waals surface area contributed by atoms with Crippen LogP contribution in [0.4, 0.5) is 10.5 Å². The van der Waals surface area contributed by atoms with Crippen molar-refractivity contribution in [2.45, 2.75) is 0 Å². The Bertz CT molecular complexity index is 1140. The molecule has 0 saturated carbocycles. The van der Waals surface area contributed by atoms with Gasteiger partial charge in [-0.25, -0.2) is 14.5 Å². The van der Waals surface area contributed by atoms with Crippen LogP contribution in [0.25, 0.3) is 6.08 Å². The van der Waals surface area contributed by atoms with Gasteiger partial charge in [-0.15, -0.1) is 0 Å². The third-order valence-electron chi connectivity index (χ3n) is 4.35. The molecule has 4 amide bonds. The first-order chi connectivity index (χ1) is 15.2. The molecular formula is C21H17ClN2O8. The van der Waals surface area contributed by atoms with Gasteiger partial charge in [0.1, 0.15) is 11.3 Å². The van der Waals surface area contributed by atoms with Crippen molar-refractivity contribution in [1.82, 2.24) is 5.32 Å². The number of carboxylic acids is 1. The van der Waals surface area contributed by atoms with E-state index in [2.05, 4.69) is 5.32 Å². The molecule has 0 radical (unpaired) electrons. The van der Waals surface area contributed by atoms with Crippen molar-refractivity contribution >= 4 is 47.2 Å². The van der Waals surface area contributed by atoms with E-state index in [9.17, 15) is 19.2 Å². The highest BCUT2D eigenvalue weighted by Gasteiger charge is 2.37. The number of benzene rings is 2. The van der Waals surface area contributed by atoms with Crippen LogP contribution in [-0.4, -0.2) is 49.7 Å². The van der Waals surface area contributed by atoms with E-state index in [1.807, 2.05) is 0 Å². The average Bonchev–Trinajstić information content (AvgIpc) is 2.75. The van der Waals surface area contributed by atoms with Gasteiger partial charge in [0.2, 0.25) is 0 Å². The molecule has 10 nitrogen and oxygen atoms in total. The minimum Gasteiger partial charge on any atom is -0.495 e. The molecule has 11 heteroatoms. The van der Waals surface area contributed by atoms with Gasteiger partial charge in [-0.2, -0.15) is 0 Å². The SMILES string of the molecule is COc1ccc(N2C(=O)NC(=O)C(=Cc3ccc(OCC(=O)O)c(OC)c3)C2=O)cc1Cl. The largest absolute Gasteiger partial charge is 0.495 e. The fraction of sp³-hybridized carbons (Fsp3) is 0.143. The number of hydrogen-bond acceptors (Lipinski definition) is 7. The second-order valence-corrected chi connectivity index (χ2v) is 6.78. The fourth-order valence-corrected chi connectivity index (χ4v) is 3.14. The summed E-state index contributed by atoms with van der Waals surface area (Å²) in [5, 5.41) is 11.0. The monoisotopic (exact) mass is 460 g/mol. The van der Waals surface area contributed by atoms with Gasteiger partial charge in [-0.3, -0.25) is 14.9 Å². The van der Waals surface area contributed by atoms with E-state index in [0.29, 0.717) is 11.3 Å². The quantitative estimate of drug-likeness (QED) is 0.476. The molecule has 3 rings (SSSR count). The van der Waals surface area contributed by atoms with Gasteiger partial charge >= 0.3 is 12.0 Å². The molecule has 0 unspecified atom stereocenters. The third-order valence-corrected chi connectivity index (χ3v) is 4.64. The zero-order chi connectivity index (χ0) is 23.4. The van der Waals surface area contributed by atoms with E-state index in [4.69, 9.17) is 30.9 Å². The molecule has 2 N–H and O–H groups in total. The van der Waals surface area contributed by atoms with Crippen molar-refractivity contribution in [3.8, 4) is 17.2 Å². The number of nitrogens with zero attached hydrogens (tertiary/aromatic N) is 1. The second-order valence-electron chi connectivity index (χ2n) is 6.37. The van der Waals surface area contributed by atoms with Gasteiger partial charge in [0, 0.05) is 0 Å². The lowest BCUT2D eigenvalue weighted by atomic mass is 10.1. The number of imide groups is 2. The number of barbiturate groups is 1. The van der Waals surface area contributed by atoms with Crippen molar-refractivity contribution in [1.29, 1.82) is 0 Å². The molecule has 0 spiro atoms. The number of urea groups is 1. The van der Waals surface area contributed by atoms with Gasteiger partial charge in [0.25, 0.3) is 11.8 Å². The molecule has 0 aliphatic carbocycles. The fourth-order valence-electron chi connectivity index (χ4n) is 2.89. The summed E-state index contributed by atoms with van der Waals surface area (Å²) in [7, 11) is 2.78. The molecule has 2 aromatic rings. The van der Waals surface area contributed by atoms with Crippen molar-refractivity contribution in [3.63, 3.8) is 0 Å². The Morgan fingerprint density at radius 1 is 1.06 bits per heavy atom. The number of carbonyl (C=O) groups is 4. The lowest BCUT2D eigenvalue weighted by molar-refractivity contribution is -0.139. The van der Waals surface area contributed by atoms with E-state index in [-0.39, 0.29) is 27.8 Å². The predicted octanol–water partition coefficient (Wildman–Crippen LogP) is 2.49. The van der Waals surface area contributed by atoms with E-state index >= 15 is 0 Å². The Hall–Kier alpha value is -4.05. The molecule has 32 heavy (non-hydrogen) atoms. The Labute approximate surface area is 186 Å². The maximum absolute atomic E-state index is 13.0. The highest BCUT2D eigenvalue weighted by atomic mass is 35.5. The summed E-state index contributed by atoms with van der Waals surface area (Å²) in [6.45, 7) is -0.570. The first kappa shape index (κ1) is 22.6. The third kappa shape index (κ3) is 4.65. The van der Waals surface area contributed by atoms with Crippen molar-refractivity contribution < 1.29 is 38.5 Å². The molecule has 1 aliphatic heterocycles. The van der Waals surface area contributed by atoms with Crippen LogP contribution < -0.4 is 24.4 Å². The number of ether oxygens (including phenoxy) is 3. The number of aliphatic carboxylic acids is 1. The Morgan fingerprint density at radius 2 is 1.75 bits per heavy atom. The number of nitrogens with one attached hydrogen (secondary N) is 1. The summed E-state index contributed by atoms with van der Waals surface area (Å²) in [5.74, 6) is -2.18. The van der Waals surface area contributed by atoms with Crippen LogP contribution in [0.2, 0.25) is 5.02 Å². The van der Waals surface area contributed by atoms with Gasteiger partial charge in [-0.05, 0) is 42.0 Å². The summed E-state index contributed by atoms with van der Waals surface area (Å²) in [5.41, 5.74) is 0.217. The van der Waals surface area contributed by atoms with E-state index in [0.717, 1.165) is 4.90 Å². The van der Waals surface area contributed by atoms with E-state index in [1.54, 1.807) is 0 Å². The summed E-state index contributed by atoms with van der Waals surface area (Å²) >= 11 is 6.09. The smallest absolute Gasteiger partial charge is 0.341 e. The van der Waals surface area contributed by atoms with E-state index < -0.39 is 30.4 Å². The van der Waals surface area contributed by atoms with Crippen LogP contribution in [0.3, 0.4) is 0 Å². The van der Waals surface area contributed by atoms with Crippen molar-refractivity contribution in [2.24, 2.45) is 0 Å². The van der Waals surface area contributed by atoms with Gasteiger partial charge < -0.3 is 19.3 Å². The first-order valence-corrected chi connectivity index (χ1v) is 9.40. The van der Waals surface area contributed by atoms with Crippen LogP contribution >= 0.6 is 11.6 Å². The number of anilines is 1. The lowest BCUT2D eigenvalue weighted by Gasteiger charge is -2.26. The normalized spacial score (nSPS) is 14.9.